The quantitative estimate of drug-likeness (QED) is 0.163. The minimum absolute atomic E-state index is 0.0142. The molecule has 0 bridgehead atoms. The molecule has 1 aliphatic rings. The Morgan fingerprint density at radius 2 is 1.72 bits per heavy atom. The molecule has 0 saturated carbocycles. The number of carbonyl (C=O) groups excluding carboxylic acids is 2. The Bertz CT molecular complexity index is 1660. The van der Waals surface area contributed by atoms with Gasteiger partial charge in [-0.3, -0.25) is 14.4 Å². The lowest BCUT2D eigenvalue weighted by atomic mass is 9.88. The maximum Gasteiger partial charge on any atom is 0.305 e. The first-order valence-electron chi connectivity index (χ1n) is 15.7. The van der Waals surface area contributed by atoms with Crippen molar-refractivity contribution in [1.82, 2.24) is 5.32 Å². The average Bonchev–Trinajstić information content (AvgIpc) is 3.04. The number of rotatable bonds is 15. The van der Waals surface area contributed by atoms with Crippen molar-refractivity contribution in [2.45, 2.75) is 69.1 Å². The van der Waals surface area contributed by atoms with Gasteiger partial charge in [0.1, 0.15) is 10.6 Å². The summed E-state index contributed by atoms with van der Waals surface area (Å²) in [5, 5.41) is 14.3. The van der Waals surface area contributed by atoms with Crippen molar-refractivity contribution in [2.24, 2.45) is 0 Å². The molecule has 0 aliphatic heterocycles. The molecule has 3 aromatic carbocycles. The molecule has 3 aromatic rings. The van der Waals surface area contributed by atoms with Crippen molar-refractivity contribution < 1.29 is 32.6 Å². The third kappa shape index (κ3) is 9.78. The second kappa shape index (κ2) is 16.2. The van der Waals surface area contributed by atoms with E-state index in [1.54, 1.807) is 36.4 Å². The van der Waals surface area contributed by atoms with Crippen LogP contribution in [-0.4, -0.2) is 50.7 Å². The SMILES string of the molecule is CCCCOc1ccc(NC(=O)C(Cc2ccc(C(=O)NCCC(=O)O)cc2)c2ccc(C3=CCCCC3)cc2)cc1S(C)(=O)=O. The van der Waals surface area contributed by atoms with Gasteiger partial charge >= 0.3 is 5.97 Å². The molecule has 9 nitrogen and oxygen atoms in total. The molecule has 46 heavy (non-hydrogen) atoms. The number of ether oxygens (including phenoxy) is 1. The largest absolute Gasteiger partial charge is 0.492 e. The fraction of sp³-hybridized carbons (Fsp3) is 0.361. The molecule has 0 radical (unpaired) electrons. The summed E-state index contributed by atoms with van der Waals surface area (Å²) in [6.07, 6.45) is 9.68. The predicted octanol–water partition coefficient (Wildman–Crippen LogP) is 6.40. The Labute approximate surface area is 271 Å². The summed E-state index contributed by atoms with van der Waals surface area (Å²) < 4.78 is 30.9. The number of nitrogens with one attached hydrogen (secondary N) is 2. The van der Waals surface area contributed by atoms with Crippen LogP contribution in [0.25, 0.3) is 5.57 Å². The van der Waals surface area contributed by atoms with Gasteiger partial charge in [0.2, 0.25) is 5.91 Å². The second-order valence-corrected chi connectivity index (χ2v) is 13.6. The first kappa shape index (κ1) is 34.4. The van der Waals surface area contributed by atoms with Crippen molar-refractivity contribution in [2.75, 3.05) is 24.7 Å². The standard InChI is InChI=1S/C36H42N2O7S/c1-3-4-22-45-32-19-18-30(24-33(32)46(2,43)44)38-36(42)31(28-16-14-27(15-17-28)26-8-6-5-7-9-26)23-25-10-12-29(13-11-25)35(41)37-21-20-34(39)40/h8,10-19,24,31H,3-7,9,20-23H2,1-2H3,(H,37,41)(H,38,42)(H,39,40). The van der Waals surface area contributed by atoms with E-state index < -0.39 is 21.7 Å². The molecule has 1 unspecified atom stereocenters. The molecule has 0 heterocycles. The highest BCUT2D eigenvalue weighted by atomic mass is 32.2. The summed E-state index contributed by atoms with van der Waals surface area (Å²) in [5.74, 6) is -2.04. The van der Waals surface area contributed by atoms with Gasteiger partial charge in [-0.2, -0.15) is 0 Å². The summed E-state index contributed by atoms with van der Waals surface area (Å²) in [5.41, 5.74) is 4.79. The molecule has 10 heteroatoms. The van der Waals surface area contributed by atoms with Crippen LogP contribution in [0.15, 0.2) is 77.7 Å². The van der Waals surface area contributed by atoms with E-state index in [-0.39, 0.29) is 35.4 Å². The van der Waals surface area contributed by atoms with Crippen LogP contribution in [0.5, 0.6) is 5.75 Å². The van der Waals surface area contributed by atoms with Gasteiger partial charge in [0.05, 0.1) is 18.9 Å². The molecule has 0 saturated heterocycles. The van der Waals surface area contributed by atoms with E-state index in [0.717, 1.165) is 55.1 Å². The molecular formula is C36H42N2O7S. The van der Waals surface area contributed by atoms with Crippen LogP contribution in [0.1, 0.15) is 84.8 Å². The van der Waals surface area contributed by atoms with Crippen LogP contribution in [0, 0.1) is 0 Å². The highest BCUT2D eigenvalue weighted by Gasteiger charge is 2.24. The number of carboxylic acids is 1. The molecule has 0 aromatic heterocycles. The summed E-state index contributed by atoms with van der Waals surface area (Å²) in [6.45, 7) is 2.44. The van der Waals surface area contributed by atoms with Crippen molar-refractivity contribution in [1.29, 1.82) is 0 Å². The highest BCUT2D eigenvalue weighted by molar-refractivity contribution is 7.90. The van der Waals surface area contributed by atoms with Crippen LogP contribution in [-0.2, 0) is 25.8 Å². The Morgan fingerprint density at radius 1 is 0.978 bits per heavy atom. The van der Waals surface area contributed by atoms with Gasteiger partial charge in [0, 0.05) is 24.1 Å². The van der Waals surface area contributed by atoms with Crippen molar-refractivity contribution in [3.63, 3.8) is 0 Å². The first-order chi connectivity index (χ1) is 22.0. The number of anilines is 1. The first-order valence-corrected chi connectivity index (χ1v) is 17.6. The minimum Gasteiger partial charge on any atom is -0.492 e. The minimum atomic E-state index is -3.63. The fourth-order valence-electron chi connectivity index (χ4n) is 5.36. The van der Waals surface area contributed by atoms with Crippen molar-refractivity contribution in [3.8, 4) is 5.75 Å². The molecule has 0 fully saturated rings. The van der Waals surface area contributed by atoms with Gasteiger partial charge in [0.15, 0.2) is 9.84 Å². The van der Waals surface area contributed by atoms with Gasteiger partial charge in [0.25, 0.3) is 5.91 Å². The Hall–Kier alpha value is -4.44. The number of sulfone groups is 1. The number of allylic oxidation sites excluding steroid dienone is 2. The number of amides is 2. The van der Waals surface area contributed by atoms with E-state index in [9.17, 15) is 22.8 Å². The molecule has 4 rings (SSSR count). The number of aliphatic carboxylic acids is 1. The normalized spacial score (nSPS) is 13.7. The summed E-state index contributed by atoms with van der Waals surface area (Å²) in [4.78, 5) is 37.1. The van der Waals surface area contributed by atoms with Gasteiger partial charge < -0.3 is 20.5 Å². The number of benzene rings is 3. The van der Waals surface area contributed by atoms with Crippen LogP contribution >= 0.6 is 0 Å². The summed E-state index contributed by atoms with van der Waals surface area (Å²) in [6, 6.07) is 19.5. The fourth-order valence-corrected chi connectivity index (χ4v) is 6.19. The van der Waals surface area contributed by atoms with Crippen LogP contribution in [0.3, 0.4) is 0 Å². The van der Waals surface area contributed by atoms with Gasteiger partial charge in [-0.1, -0.05) is 55.8 Å². The maximum absolute atomic E-state index is 13.9. The van der Waals surface area contributed by atoms with E-state index >= 15 is 0 Å². The van der Waals surface area contributed by atoms with Crippen molar-refractivity contribution >= 4 is 38.9 Å². The van der Waals surface area contributed by atoms with Crippen LogP contribution < -0.4 is 15.4 Å². The lowest BCUT2D eigenvalue weighted by Crippen LogP contribution is -2.26. The monoisotopic (exact) mass is 646 g/mol. The van der Waals surface area contributed by atoms with E-state index in [1.165, 1.54) is 18.1 Å². The molecule has 244 valence electrons. The second-order valence-electron chi connectivity index (χ2n) is 11.6. The van der Waals surface area contributed by atoms with Gasteiger partial charge in [-0.05, 0) is 91.1 Å². The third-order valence-corrected chi connectivity index (χ3v) is 9.06. The van der Waals surface area contributed by atoms with Crippen molar-refractivity contribution in [3.05, 3.63) is 95.1 Å². The van der Waals surface area contributed by atoms with E-state index in [0.29, 0.717) is 24.3 Å². The Morgan fingerprint density at radius 3 is 2.35 bits per heavy atom. The molecule has 3 N–H and O–H groups in total. The average molecular weight is 647 g/mol. The number of hydrogen-bond donors (Lipinski definition) is 3. The van der Waals surface area contributed by atoms with E-state index in [1.807, 2.05) is 31.2 Å². The number of carbonyl (C=O) groups is 3. The highest BCUT2D eigenvalue weighted by Crippen LogP contribution is 2.31. The number of unbranched alkanes of at least 4 members (excludes halogenated alkanes) is 1. The maximum atomic E-state index is 13.9. The third-order valence-electron chi connectivity index (χ3n) is 7.94. The predicted molar refractivity (Wildman–Crippen MR) is 179 cm³/mol. The zero-order chi connectivity index (χ0) is 33.1. The molecule has 2 amide bonds. The molecule has 1 atom stereocenters. The van der Waals surface area contributed by atoms with E-state index in [4.69, 9.17) is 9.84 Å². The smallest absolute Gasteiger partial charge is 0.305 e. The summed E-state index contributed by atoms with van der Waals surface area (Å²) in [7, 11) is -3.63. The lowest BCUT2D eigenvalue weighted by molar-refractivity contribution is -0.136. The molecule has 1 aliphatic carbocycles. The topological polar surface area (TPSA) is 139 Å². The zero-order valence-electron chi connectivity index (χ0n) is 26.4. The molecular weight excluding hydrogens is 604 g/mol. The Kier molecular flexibility index (Phi) is 12.1. The van der Waals surface area contributed by atoms with Gasteiger partial charge in [-0.15, -0.1) is 0 Å². The Balaban J connectivity index is 1.58. The lowest BCUT2D eigenvalue weighted by Gasteiger charge is -2.20. The van der Waals surface area contributed by atoms with Gasteiger partial charge in [-0.25, -0.2) is 8.42 Å². The number of hydrogen-bond acceptors (Lipinski definition) is 6. The van der Waals surface area contributed by atoms with Crippen LogP contribution in [0.2, 0.25) is 0 Å². The van der Waals surface area contributed by atoms with Crippen LogP contribution in [0.4, 0.5) is 5.69 Å². The summed E-state index contributed by atoms with van der Waals surface area (Å²) >= 11 is 0. The number of carboxylic acid groups (broad SMARTS) is 1. The van der Waals surface area contributed by atoms with E-state index in [2.05, 4.69) is 16.7 Å². The zero-order valence-corrected chi connectivity index (χ0v) is 27.2. The molecule has 0 spiro atoms.